The topological polar surface area (TPSA) is 68.3 Å². The van der Waals surface area contributed by atoms with Gasteiger partial charge in [0.25, 0.3) is 0 Å². The molecular weight excluding hydrogens is 563 g/mol. The maximum atomic E-state index is 15.2. The second kappa shape index (κ2) is 14.2. The van der Waals surface area contributed by atoms with E-state index in [1.807, 2.05) is 26.8 Å². The Labute approximate surface area is 258 Å². The summed E-state index contributed by atoms with van der Waals surface area (Å²) >= 11 is 0. The van der Waals surface area contributed by atoms with Crippen LogP contribution in [0.1, 0.15) is 78.0 Å². The molecule has 2 aromatic carbocycles. The fraction of sp³-hybridized carbons (Fsp3) is 0.588. The average molecular weight is 615 g/mol. The Morgan fingerprint density at radius 3 is 2.40 bits per heavy atom. The van der Waals surface area contributed by atoms with Crippen LogP contribution in [0.25, 0.3) is 0 Å². The molecule has 0 unspecified atom stereocenters. The Bertz CT molecular complexity index is 1270. The maximum absolute atomic E-state index is 15.2. The molecule has 1 heterocycles. The lowest BCUT2D eigenvalue weighted by Gasteiger charge is -2.38. The van der Waals surface area contributed by atoms with Crippen molar-refractivity contribution in [2.24, 2.45) is 0 Å². The van der Waals surface area contributed by atoms with Crippen LogP contribution in [-0.2, 0) is 38.1 Å². The predicted octanol–water partition coefficient (Wildman–Crippen LogP) is 8.04. The largest absolute Gasteiger partial charge is 0.466 e. The number of anilines is 2. The zero-order chi connectivity index (χ0) is 32.0. The number of carbonyl (C=O) groups excluding carboxylic acids is 2. The molecule has 1 aliphatic heterocycles. The highest BCUT2D eigenvalue weighted by Gasteiger charge is 2.37. The van der Waals surface area contributed by atoms with Crippen molar-refractivity contribution in [1.82, 2.24) is 0 Å². The van der Waals surface area contributed by atoms with Gasteiger partial charge in [0.05, 0.1) is 25.4 Å². The van der Waals surface area contributed by atoms with Crippen LogP contribution in [0.4, 0.5) is 20.6 Å². The van der Waals surface area contributed by atoms with Gasteiger partial charge < -0.3 is 18.8 Å². The minimum Gasteiger partial charge on any atom is -0.466 e. The van der Waals surface area contributed by atoms with Gasteiger partial charge in [-0.15, -0.1) is 0 Å². The summed E-state index contributed by atoms with van der Waals surface area (Å²) in [5.74, 6) is -0.844. The van der Waals surface area contributed by atoms with Crippen LogP contribution in [0, 0.1) is 5.82 Å². The Balaban J connectivity index is 1.83. The fourth-order valence-electron chi connectivity index (χ4n) is 4.79. The molecule has 0 aromatic heterocycles. The van der Waals surface area contributed by atoms with E-state index in [-0.39, 0.29) is 37.0 Å². The Morgan fingerprint density at radius 2 is 1.77 bits per heavy atom. The van der Waals surface area contributed by atoms with Gasteiger partial charge in [0.15, 0.2) is 8.32 Å². The van der Waals surface area contributed by atoms with Crippen LogP contribution in [0.3, 0.4) is 0 Å². The quantitative estimate of drug-likeness (QED) is 0.189. The lowest BCUT2D eigenvalue weighted by Crippen LogP contribution is -2.43. The summed E-state index contributed by atoms with van der Waals surface area (Å²) in [5, 5.41) is 0.156. The zero-order valence-electron chi connectivity index (χ0n) is 27.6. The SMILES string of the molecule is CCOC(=O)CCc1ccc(N(Cc2ccc3c(c2)N(CCO[Si](C)(C)C(C)(C)C)CCC3)C(=O)OC(C)(C)C)cc1F. The van der Waals surface area contributed by atoms with Crippen LogP contribution in [0.2, 0.25) is 18.1 Å². The molecule has 0 saturated carbocycles. The molecule has 7 nitrogen and oxygen atoms in total. The van der Waals surface area contributed by atoms with Gasteiger partial charge in [-0.05, 0) is 100.0 Å². The lowest BCUT2D eigenvalue weighted by molar-refractivity contribution is -0.143. The molecular formula is C34H51FN2O5Si. The number of benzene rings is 2. The van der Waals surface area contributed by atoms with Crippen molar-refractivity contribution in [3.63, 3.8) is 0 Å². The number of aryl methyl sites for hydroxylation is 2. The highest BCUT2D eigenvalue weighted by atomic mass is 28.4. The van der Waals surface area contributed by atoms with Crippen LogP contribution < -0.4 is 9.80 Å². The van der Waals surface area contributed by atoms with Crippen LogP contribution in [-0.4, -0.2) is 52.3 Å². The van der Waals surface area contributed by atoms with E-state index in [4.69, 9.17) is 13.9 Å². The molecule has 0 N–H and O–H groups in total. The molecule has 1 aliphatic rings. The minimum atomic E-state index is -1.85. The molecule has 0 aliphatic carbocycles. The molecule has 0 spiro atoms. The second-order valence-corrected chi connectivity index (χ2v) is 18.6. The van der Waals surface area contributed by atoms with Crippen molar-refractivity contribution in [2.45, 2.75) is 104 Å². The number of carbonyl (C=O) groups is 2. The lowest BCUT2D eigenvalue weighted by atomic mass is 9.99. The molecule has 0 fully saturated rings. The fourth-order valence-corrected chi connectivity index (χ4v) is 5.83. The molecule has 0 bridgehead atoms. The van der Waals surface area contributed by atoms with Crippen molar-refractivity contribution in [3.05, 3.63) is 58.9 Å². The number of esters is 1. The van der Waals surface area contributed by atoms with E-state index in [9.17, 15) is 9.59 Å². The summed E-state index contributed by atoms with van der Waals surface area (Å²) in [5.41, 5.74) is 3.43. The summed E-state index contributed by atoms with van der Waals surface area (Å²) in [4.78, 5) is 29.0. The standard InChI is InChI=1S/C34H51FN2O5Si/c1-10-40-31(38)18-16-26-15-17-28(23-29(26)35)37(32(39)42-33(2,3)4)24-25-13-14-27-12-11-19-36(30(27)22-25)20-21-41-43(8,9)34(5,6)7/h13-15,17,22-23H,10-12,16,18-21,24H2,1-9H3. The Morgan fingerprint density at radius 1 is 1.05 bits per heavy atom. The maximum Gasteiger partial charge on any atom is 0.415 e. The third-order valence-corrected chi connectivity index (χ3v) is 12.7. The van der Waals surface area contributed by atoms with Crippen molar-refractivity contribution in [2.75, 3.05) is 36.1 Å². The first kappa shape index (κ1) is 34.6. The summed E-state index contributed by atoms with van der Waals surface area (Å²) in [6.07, 6.45) is 1.84. The molecule has 0 atom stereocenters. The van der Waals surface area contributed by atoms with E-state index in [0.717, 1.165) is 37.2 Å². The van der Waals surface area contributed by atoms with Gasteiger partial charge in [-0.3, -0.25) is 9.69 Å². The van der Waals surface area contributed by atoms with E-state index >= 15 is 4.39 Å². The summed E-state index contributed by atoms with van der Waals surface area (Å²) in [6.45, 7) is 21.4. The molecule has 0 saturated heterocycles. The van der Waals surface area contributed by atoms with Gasteiger partial charge in [0.1, 0.15) is 11.4 Å². The van der Waals surface area contributed by atoms with Gasteiger partial charge in [0.2, 0.25) is 0 Å². The van der Waals surface area contributed by atoms with Crippen LogP contribution >= 0.6 is 0 Å². The van der Waals surface area contributed by atoms with E-state index in [1.54, 1.807) is 19.1 Å². The number of nitrogens with zero attached hydrogens (tertiary/aromatic N) is 2. The van der Waals surface area contributed by atoms with E-state index in [2.05, 4.69) is 50.9 Å². The zero-order valence-corrected chi connectivity index (χ0v) is 28.6. The third kappa shape index (κ3) is 9.79. The van der Waals surface area contributed by atoms with Crippen LogP contribution in [0.15, 0.2) is 36.4 Å². The molecule has 238 valence electrons. The number of hydrogen-bond donors (Lipinski definition) is 0. The summed E-state index contributed by atoms with van der Waals surface area (Å²) < 4.78 is 32.4. The van der Waals surface area contributed by atoms with E-state index < -0.39 is 25.8 Å². The van der Waals surface area contributed by atoms with Gasteiger partial charge in [-0.2, -0.15) is 0 Å². The number of rotatable bonds is 11. The Hall–Kier alpha value is -2.91. The predicted molar refractivity (Wildman–Crippen MR) is 174 cm³/mol. The molecule has 43 heavy (non-hydrogen) atoms. The third-order valence-electron chi connectivity index (χ3n) is 8.20. The second-order valence-electron chi connectivity index (χ2n) is 13.8. The highest BCUT2D eigenvalue weighted by Crippen LogP contribution is 2.37. The van der Waals surface area contributed by atoms with Crippen molar-refractivity contribution in [1.29, 1.82) is 0 Å². The van der Waals surface area contributed by atoms with Gasteiger partial charge in [-0.25, -0.2) is 9.18 Å². The molecule has 0 radical (unpaired) electrons. The van der Waals surface area contributed by atoms with Gasteiger partial charge >= 0.3 is 12.1 Å². The average Bonchev–Trinajstić information content (AvgIpc) is 2.89. The minimum absolute atomic E-state index is 0.0897. The van der Waals surface area contributed by atoms with E-state index in [1.165, 1.54) is 16.5 Å². The molecule has 2 aromatic rings. The normalized spacial score (nSPS) is 13.9. The monoisotopic (exact) mass is 614 g/mol. The number of hydrogen-bond acceptors (Lipinski definition) is 6. The molecule has 9 heteroatoms. The number of fused-ring (bicyclic) bond motifs is 1. The summed E-state index contributed by atoms with van der Waals surface area (Å²) in [6, 6.07) is 11.0. The molecule has 3 rings (SSSR count). The van der Waals surface area contributed by atoms with Crippen molar-refractivity contribution >= 4 is 31.8 Å². The molecule has 1 amide bonds. The first-order valence-electron chi connectivity index (χ1n) is 15.5. The Kier molecular flexibility index (Phi) is 11.5. The summed E-state index contributed by atoms with van der Waals surface area (Å²) in [7, 11) is -1.85. The van der Waals surface area contributed by atoms with Gasteiger partial charge in [-0.1, -0.05) is 39.0 Å². The smallest absolute Gasteiger partial charge is 0.415 e. The van der Waals surface area contributed by atoms with Crippen molar-refractivity contribution in [3.8, 4) is 0 Å². The van der Waals surface area contributed by atoms with Crippen molar-refractivity contribution < 1.29 is 27.9 Å². The first-order valence-corrected chi connectivity index (χ1v) is 18.4. The number of ether oxygens (including phenoxy) is 2. The van der Waals surface area contributed by atoms with E-state index in [0.29, 0.717) is 17.9 Å². The van der Waals surface area contributed by atoms with Crippen LogP contribution in [0.5, 0.6) is 0 Å². The number of amides is 1. The number of halogens is 1. The van der Waals surface area contributed by atoms with Gasteiger partial charge in [0, 0.05) is 25.2 Å². The highest BCUT2D eigenvalue weighted by molar-refractivity contribution is 6.74. The first-order chi connectivity index (χ1) is 20.0.